The van der Waals surface area contributed by atoms with Crippen molar-refractivity contribution in [3.8, 4) is 0 Å². The number of nitrogens with one attached hydrogen (secondary N) is 1. The van der Waals surface area contributed by atoms with Gasteiger partial charge in [-0.15, -0.1) is 0 Å². The van der Waals surface area contributed by atoms with Gasteiger partial charge in [-0.25, -0.2) is 17.9 Å². The third-order valence-corrected chi connectivity index (χ3v) is 3.95. The largest absolute Gasteiger partial charge is 0.478 e. The van der Waals surface area contributed by atoms with Crippen molar-refractivity contribution >= 4 is 22.0 Å². The van der Waals surface area contributed by atoms with Crippen LogP contribution in [-0.4, -0.2) is 38.1 Å². The molecule has 0 amide bonds. The molecule has 7 nitrogen and oxygen atoms in total. The van der Waals surface area contributed by atoms with Gasteiger partial charge in [-0.05, 0) is 31.5 Å². The number of benzene rings is 1. The molecule has 1 aromatic carbocycles. The Balaban J connectivity index is 2.79. The highest BCUT2D eigenvalue weighted by atomic mass is 32.2. The van der Waals surface area contributed by atoms with E-state index in [1.165, 1.54) is 31.2 Å². The smallest absolute Gasteiger partial charge is 0.335 e. The Labute approximate surface area is 123 Å². The molecule has 21 heavy (non-hydrogen) atoms. The Kier molecular flexibility index (Phi) is 5.86. The molecule has 0 spiro atoms. The van der Waals surface area contributed by atoms with Gasteiger partial charge in [0.15, 0.2) is 0 Å². The van der Waals surface area contributed by atoms with Crippen molar-refractivity contribution in [2.45, 2.75) is 25.6 Å². The molecule has 0 bridgehead atoms. The van der Waals surface area contributed by atoms with Gasteiger partial charge in [0.05, 0.1) is 17.9 Å². The maximum Gasteiger partial charge on any atom is 0.335 e. The van der Waals surface area contributed by atoms with Gasteiger partial charge in [-0.2, -0.15) is 0 Å². The van der Waals surface area contributed by atoms with Crippen LogP contribution in [0.3, 0.4) is 0 Å². The zero-order valence-corrected chi connectivity index (χ0v) is 12.5. The lowest BCUT2D eigenvalue weighted by Crippen LogP contribution is -2.40. The molecule has 1 atom stereocenters. The predicted octanol–water partition coefficient (Wildman–Crippen LogP) is 0.756. The molecule has 0 heterocycles. The minimum Gasteiger partial charge on any atom is -0.478 e. The van der Waals surface area contributed by atoms with Crippen molar-refractivity contribution in [2.24, 2.45) is 0 Å². The molecule has 0 aromatic heterocycles. The molecule has 1 unspecified atom stereocenters. The number of carboxylic acids is 1. The SMILES string of the molecule is CCOC(=O)C(C)NS(=O)(=O)Cc1cccc(C(=O)O)c1. The number of carboxylic acid groups (broad SMARTS) is 1. The number of rotatable bonds is 7. The average molecular weight is 315 g/mol. The molecule has 0 aliphatic heterocycles. The summed E-state index contributed by atoms with van der Waals surface area (Å²) in [5.41, 5.74) is 0.319. The Morgan fingerprint density at radius 1 is 1.38 bits per heavy atom. The van der Waals surface area contributed by atoms with Gasteiger partial charge in [0.2, 0.25) is 10.0 Å². The van der Waals surface area contributed by atoms with Crippen LogP contribution in [-0.2, 0) is 25.3 Å². The van der Waals surface area contributed by atoms with Gasteiger partial charge in [-0.3, -0.25) is 4.79 Å². The summed E-state index contributed by atoms with van der Waals surface area (Å²) in [6.45, 7) is 3.16. The van der Waals surface area contributed by atoms with Gasteiger partial charge in [0.25, 0.3) is 0 Å². The number of hydrogen-bond acceptors (Lipinski definition) is 5. The number of carbonyl (C=O) groups excluding carboxylic acids is 1. The van der Waals surface area contributed by atoms with E-state index in [9.17, 15) is 18.0 Å². The maximum atomic E-state index is 11.9. The molecular formula is C13H17NO6S. The van der Waals surface area contributed by atoms with Crippen LogP contribution in [0.15, 0.2) is 24.3 Å². The average Bonchev–Trinajstić information content (AvgIpc) is 2.38. The van der Waals surface area contributed by atoms with Gasteiger partial charge in [0.1, 0.15) is 6.04 Å². The summed E-state index contributed by atoms with van der Waals surface area (Å²) < 4.78 is 30.8. The van der Waals surface area contributed by atoms with Crippen LogP contribution in [0.4, 0.5) is 0 Å². The molecular weight excluding hydrogens is 298 g/mol. The number of ether oxygens (including phenoxy) is 1. The van der Waals surface area contributed by atoms with Crippen LogP contribution in [0.2, 0.25) is 0 Å². The molecule has 1 rings (SSSR count). The normalized spacial score (nSPS) is 12.7. The van der Waals surface area contributed by atoms with E-state index in [-0.39, 0.29) is 12.2 Å². The number of sulfonamides is 1. The van der Waals surface area contributed by atoms with Crippen LogP contribution in [0, 0.1) is 0 Å². The molecule has 8 heteroatoms. The molecule has 0 aliphatic rings. The van der Waals surface area contributed by atoms with E-state index in [1.54, 1.807) is 6.92 Å². The summed E-state index contributed by atoms with van der Waals surface area (Å²) >= 11 is 0. The number of aromatic carboxylic acids is 1. The summed E-state index contributed by atoms with van der Waals surface area (Å²) in [6.07, 6.45) is 0. The minimum atomic E-state index is -3.78. The lowest BCUT2D eigenvalue weighted by Gasteiger charge is -2.13. The van der Waals surface area contributed by atoms with E-state index in [0.717, 1.165) is 0 Å². The van der Waals surface area contributed by atoms with E-state index in [0.29, 0.717) is 5.56 Å². The van der Waals surface area contributed by atoms with Crippen molar-refractivity contribution in [3.05, 3.63) is 35.4 Å². The minimum absolute atomic E-state index is 0.00106. The van der Waals surface area contributed by atoms with Gasteiger partial charge >= 0.3 is 11.9 Å². The number of hydrogen-bond donors (Lipinski definition) is 2. The summed E-state index contributed by atoms with van der Waals surface area (Å²) in [5, 5.41) is 8.86. The number of esters is 1. The quantitative estimate of drug-likeness (QED) is 0.719. The second kappa shape index (κ2) is 7.19. The van der Waals surface area contributed by atoms with Crippen molar-refractivity contribution in [3.63, 3.8) is 0 Å². The number of carbonyl (C=O) groups is 2. The van der Waals surface area contributed by atoms with Gasteiger partial charge in [0, 0.05) is 0 Å². The first-order valence-electron chi connectivity index (χ1n) is 6.24. The monoisotopic (exact) mass is 315 g/mol. The first kappa shape index (κ1) is 17.1. The molecule has 116 valence electrons. The third kappa shape index (κ3) is 5.52. The summed E-state index contributed by atoms with van der Waals surface area (Å²) in [6, 6.07) is 4.60. The standard InChI is InChI=1S/C13H17NO6S/c1-3-20-13(17)9(2)14-21(18,19)8-10-5-4-6-11(7-10)12(15)16/h4-7,9,14H,3,8H2,1-2H3,(H,15,16). The van der Waals surface area contributed by atoms with E-state index >= 15 is 0 Å². The van der Waals surface area contributed by atoms with Gasteiger partial charge < -0.3 is 9.84 Å². The molecule has 0 saturated heterocycles. The Morgan fingerprint density at radius 2 is 2.05 bits per heavy atom. The summed E-state index contributed by atoms with van der Waals surface area (Å²) in [4.78, 5) is 22.2. The molecule has 2 N–H and O–H groups in total. The van der Waals surface area contributed by atoms with Gasteiger partial charge in [-0.1, -0.05) is 12.1 Å². The van der Waals surface area contributed by atoms with Crippen LogP contribution in [0.5, 0.6) is 0 Å². The van der Waals surface area contributed by atoms with E-state index in [4.69, 9.17) is 9.84 Å². The molecule has 1 aromatic rings. The Hall–Kier alpha value is -1.93. The van der Waals surface area contributed by atoms with Crippen LogP contribution in [0.1, 0.15) is 29.8 Å². The van der Waals surface area contributed by atoms with Crippen molar-refractivity contribution in [2.75, 3.05) is 6.61 Å². The Morgan fingerprint density at radius 3 is 2.62 bits per heavy atom. The highest BCUT2D eigenvalue weighted by Gasteiger charge is 2.21. The molecule has 0 saturated carbocycles. The van der Waals surface area contributed by atoms with Crippen LogP contribution >= 0.6 is 0 Å². The van der Waals surface area contributed by atoms with E-state index in [1.807, 2.05) is 0 Å². The lowest BCUT2D eigenvalue weighted by molar-refractivity contribution is -0.144. The molecule has 0 aliphatic carbocycles. The van der Waals surface area contributed by atoms with E-state index in [2.05, 4.69) is 4.72 Å². The van der Waals surface area contributed by atoms with Crippen molar-refractivity contribution in [1.29, 1.82) is 0 Å². The first-order chi connectivity index (χ1) is 9.75. The van der Waals surface area contributed by atoms with Crippen molar-refractivity contribution < 1.29 is 27.9 Å². The fourth-order valence-electron chi connectivity index (χ4n) is 1.64. The second-order valence-electron chi connectivity index (χ2n) is 4.36. The fourth-order valence-corrected chi connectivity index (χ4v) is 2.98. The lowest BCUT2D eigenvalue weighted by atomic mass is 10.1. The zero-order chi connectivity index (χ0) is 16.0. The molecule has 0 fully saturated rings. The van der Waals surface area contributed by atoms with Crippen LogP contribution in [0.25, 0.3) is 0 Å². The van der Waals surface area contributed by atoms with E-state index < -0.39 is 33.8 Å². The highest BCUT2D eigenvalue weighted by molar-refractivity contribution is 7.88. The topological polar surface area (TPSA) is 110 Å². The maximum absolute atomic E-state index is 11.9. The highest BCUT2D eigenvalue weighted by Crippen LogP contribution is 2.09. The fraction of sp³-hybridized carbons (Fsp3) is 0.385. The Bertz CT molecular complexity index is 625. The molecule has 0 radical (unpaired) electrons. The zero-order valence-electron chi connectivity index (χ0n) is 11.7. The van der Waals surface area contributed by atoms with Crippen LogP contribution < -0.4 is 4.72 Å². The third-order valence-electron chi connectivity index (χ3n) is 2.53. The predicted molar refractivity (Wildman–Crippen MR) is 75.3 cm³/mol. The summed E-state index contributed by atoms with van der Waals surface area (Å²) in [5.74, 6) is -2.22. The second-order valence-corrected chi connectivity index (χ2v) is 6.11. The first-order valence-corrected chi connectivity index (χ1v) is 7.89. The van der Waals surface area contributed by atoms with Crippen molar-refractivity contribution in [1.82, 2.24) is 4.72 Å². The summed E-state index contributed by atoms with van der Waals surface area (Å²) in [7, 11) is -3.78.